The maximum atomic E-state index is 13.4. The molecule has 0 spiro atoms. The van der Waals surface area contributed by atoms with Crippen molar-refractivity contribution in [3.8, 4) is 0 Å². The Hall–Kier alpha value is -2.24. The molecule has 1 aliphatic carbocycles. The van der Waals surface area contributed by atoms with Gasteiger partial charge in [0.2, 0.25) is 0 Å². The smallest absolute Gasteiger partial charge is 0.254 e. The van der Waals surface area contributed by atoms with Crippen molar-refractivity contribution in [1.29, 1.82) is 0 Å². The number of amides is 1. The first kappa shape index (κ1) is 20.0. The summed E-state index contributed by atoms with van der Waals surface area (Å²) in [7, 11) is 0. The summed E-state index contributed by atoms with van der Waals surface area (Å²) in [6, 6.07) is 16.5. The van der Waals surface area contributed by atoms with Gasteiger partial charge in [-0.25, -0.2) is 0 Å². The lowest BCUT2D eigenvalue weighted by atomic mass is 9.89. The average Bonchev–Trinajstić information content (AvgIpc) is 2.79. The van der Waals surface area contributed by atoms with Crippen LogP contribution in [0.25, 0.3) is 0 Å². The van der Waals surface area contributed by atoms with Gasteiger partial charge in [0.05, 0.1) is 6.61 Å². The van der Waals surface area contributed by atoms with Gasteiger partial charge in [0, 0.05) is 44.0 Å². The fourth-order valence-electron chi connectivity index (χ4n) is 4.63. The van der Waals surface area contributed by atoms with Crippen molar-refractivity contribution in [2.75, 3.05) is 19.7 Å². The van der Waals surface area contributed by atoms with Crippen LogP contribution in [-0.2, 0) is 22.5 Å². The molecule has 0 radical (unpaired) electrons. The summed E-state index contributed by atoms with van der Waals surface area (Å²) in [5, 5.41) is 3.13. The van der Waals surface area contributed by atoms with E-state index in [9.17, 15) is 4.79 Å². The first-order valence-corrected chi connectivity index (χ1v) is 10.9. The molecule has 1 aromatic heterocycles. The van der Waals surface area contributed by atoms with Gasteiger partial charge in [-0.15, -0.1) is 0 Å². The third-order valence-electron chi connectivity index (χ3n) is 6.21. The predicted octanol–water partition coefficient (Wildman–Crippen LogP) is 3.34. The molecule has 5 nitrogen and oxygen atoms in total. The molecule has 2 heterocycles. The normalized spacial score (nSPS) is 23.6. The molecule has 29 heavy (non-hydrogen) atoms. The molecule has 1 N–H and O–H groups in total. The van der Waals surface area contributed by atoms with E-state index in [0.717, 1.165) is 17.8 Å². The van der Waals surface area contributed by atoms with Crippen LogP contribution in [0.3, 0.4) is 0 Å². The number of carbonyl (C=O) groups is 1. The van der Waals surface area contributed by atoms with E-state index in [1.807, 2.05) is 48.5 Å². The topological polar surface area (TPSA) is 54.5 Å². The largest absolute Gasteiger partial charge is 0.362 e. The molecule has 4 rings (SSSR count). The molecule has 5 heteroatoms. The van der Waals surface area contributed by atoms with Crippen molar-refractivity contribution in [2.24, 2.45) is 0 Å². The lowest BCUT2D eigenvalue weighted by molar-refractivity contribution is -0.163. The summed E-state index contributed by atoms with van der Waals surface area (Å²) in [5.41, 5.74) is 1.10. The molecule has 1 amide bonds. The minimum absolute atomic E-state index is 0.0347. The van der Waals surface area contributed by atoms with Gasteiger partial charge < -0.3 is 10.1 Å². The molecular weight excluding hydrogens is 362 g/mol. The second-order valence-corrected chi connectivity index (χ2v) is 8.27. The summed E-state index contributed by atoms with van der Waals surface area (Å²) in [5.74, 6) is -0.0347. The third-order valence-corrected chi connectivity index (χ3v) is 6.21. The average molecular weight is 394 g/mol. The van der Waals surface area contributed by atoms with Crippen molar-refractivity contribution >= 4 is 5.91 Å². The number of benzene rings is 1. The summed E-state index contributed by atoms with van der Waals surface area (Å²) in [6.07, 6.45) is 8.64. The standard InChI is InChI=1S/C24H31N3O2/c28-23(26-18-20-9-3-1-4-10-20)24(17-21-11-7-8-14-25-21)19-27(15-16-29-24)22-12-5-2-6-13-22/h1,3-4,7-11,14,22H,2,5-6,12-13,15-19H2,(H,26,28)/t24-/m0/s1. The predicted molar refractivity (Wildman–Crippen MR) is 113 cm³/mol. The van der Waals surface area contributed by atoms with Gasteiger partial charge in [0.15, 0.2) is 5.60 Å². The molecule has 2 aromatic rings. The fourth-order valence-corrected chi connectivity index (χ4v) is 4.63. The number of aromatic nitrogens is 1. The van der Waals surface area contributed by atoms with E-state index in [4.69, 9.17) is 4.74 Å². The second kappa shape index (κ2) is 9.51. The number of hydrogen-bond acceptors (Lipinski definition) is 4. The molecule has 2 fully saturated rings. The van der Waals surface area contributed by atoms with Crippen molar-refractivity contribution < 1.29 is 9.53 Å². The highest BCUT2D eigenvalue weighted by molar-refractivity contribution is 5.86. The first-order valence-electron chi connectivity index (χ1n) is 10.9. The lowest BCUT2D eigenvalue weighted by Gasteiger charge is -2.45. The summed E-state index contributed by atoms with van der Waals surface area (Å²) >= 11 is 0. The number of ether oxygens (including phenoxy) is 1. The van der Waals surface area contributed by atoms with E-state index in [2.05, 4.69) is 15.2 Å². The van der Waals surface area contributed by atoms with Crippen LogP contribution in [0.1, 0.15) is 43.4 Å². The Morgan fingerprint density at radius 3 is 2.66 bits per heavy atom. The zero-order valence-corrected chi connectivity index (χ0v) is 17.1. The van der Waals surface area contributed by atoms with Gasteiger partial charge >= 0.3 is 0 Å². The Morgan fingerprint density at radius 2 is 1.90 bits per heavy atom. The highest BCUT2D eigenvalue weighted by Gasteiger charge is 2.45. The van der Waals surface area contributed by atoms with Crippen LogP contribution in [0.2, 0.25) is 0 Å². The summed E-state index contributed by atoms with van der Waals surface area (Å²) in [4.78, 5) is 20.4. The van der Waals surface area contributed by atoms with Crippen molar-refractivity contribution in [2.45, 2.75) is 56.7 Å². The summed E-state index contributed by atoms with van der Waals surface area (Å²) in [6.45, 7) is 2.63. The van der Waals surface area contributed by atoms with E-state index in [0.29, 0.717) is 32.2 Å². The molecular formula is C24H31N3O2. The number of morpholine rings is 1. The van der Waals surface area contributed by atoms with E-state index in [1.54, 1.807) is 6.20 Å². The number of nitrogens with one attached hydrogen (secondary N) is 1. The molecule has 1 atom stereocenters. The maximum absolute atomic E-state index is 13.4. The van der Waals surface area contributed by atoms with Gasteiger partial charge in [-0.3, -0.25) is 14.7 Å². The molecule has 0 unspecified atom stereocenters. The van der Waals surface area contributed by atoms with Crippen molar-refractivity contribution in [1.82, 2.24) is 15.2 Å². The third kappa shape index (κ3) is 5.03. The zero-order valence-electron chi connectivity index (χ0n) is 17.1. The van der Waals surface area contributed by atoms with Crippen LogP contribution in [-0.4, -0.2) is 47.1 Å². The SMILES string of the molecule is O=C(NCc1ccccc1)[C@]1(Cc2ccccn2)CN(C2CCCCC2)CCO1. The Bertz CT molecular complexity index is 777. The molecule has 2 aliphatic rings. The van der Waals surface area contributed by atoms with Crippen molar-refractivity contribution in [3.05, 3.63) is 66.0 Å². The highest BCUT2D eigenvalue weighted by Crippen LogP contribution is 2.29. The van der Waals surface area contributed by atoms with Gasteiger partial charge in [0.25, 0.3) is 5.91 Å². The number of rotatable bonds is 6. The van der Waals surface area contributed by atoms with Gasteiger partial charge in [-0.2, -0.15) is 0 Å². The van der Waals surface area contributed by atoms with Gasteiger partial charge in [-0.1, -0.05) is 55.7 Å². The van der Waals surface area contributed by atoms with E-state index in [1.165, 1.54) is 32.1 Å². The molecule has 1 saturated heterocycles. The lowest BCUT2D eigenvalue weighted by Crippen LogP contribution is -2.62. The van der Waals surface area contributed by atoms with Crippen LogP contribution in [0.5, 0.6) is 0 Å². The quantitative estimate of drug-likeness (QED) is 0.818. The van der Waals surface area contributed by atoms with Crippen LogP contribution < -0.4 is 5.32 Å². The number of hydrogen-bond donors (Lipinski definition) is 1. The van der Waals surface area contributed by atoms with Crippen molar-refractivity contribution in [3.63, 3.8) is 0 Å². The Kier molecular flexibility index (Phi) is 6.57. The Labute approximate surface area is 173 Å². The fraction of sp³-hybridized carbons (Fsp3) is 0.500. The van der Waals surface area contributed by atoms with Crippen LogP contribution in [0.4, 0.5) is 0 Å². The van der Waals surface area contributed by atoms with Gasteiger partial charge in [0.1, 0.15) is 0 Å². The van der Waals surface area contributed by atoms with E-state index < -0.39 is 5.60 Å². The van der Waals surface area contributed by atoms with Gasteiger partial charge in [-0.05, 0) is 30.5 Å². The Balaban J connectivity index is 1.52. The number of pyridine rings is 1. The molecule has 154 valence electrons. The first-order chi connectivity index (χ1) is 14.3. The van der Waals surface area contributed by atoms with E-state index >= 15 is 0 Å². The Morgan fingerprint density at radius 1 is 1.10 bits per heavy atom. The maximum Gasteiger partial charge on any atom is 0.254 e. The second-order valence-electron chi connectivity index (χ2n) is 8.27. The minimum Gasteiger partial charge on any atom is -0.362 e. The molecule has 1 aliphatic heterocycles. The summed E-state index contributed by atoms with van der Waals surface area (Å²) < 4.78 is 6.25. The molecule has 1 saturated carbocycles. The number of nitrogens with zero attached hydrogens (tertiary/aromatic N) is 2. The number of carbonyl (C=O) groups excluding carboxylic acids is 1. The highest BCUT2D eigenvalue weighted by atomic mass is 16.5. The zero-order chi connectivity index (χ0) is 19.9. The van der Waals surface area contributed by atoms with Crippen LogP contribution >= 0.6 is 0 Å². The van der Waals surface area contributed by atoms with Crippen LogP contribution in [0, 0.1) is 0 Å². The van der Waals surface area contributed by atoms with E-state index in [-0.39, 0.29) is 5.91 Å². The molecule has 1 aromatic carbocycles. The molecule has 0 bridgehead atoms. The van der Waals surface area contributed by atoms with Crippen LogP contribution in [0.15, 0.2) is 54.7 Å². The minimum atomic E-state index is -0.890. The monoisotopic (exact) mass is 393 g/mol.